The second kappa shape index (κ2) is 5.42. The Morgan fingerprint density at radius 1 is 1.15 bits per heavy atom. The van der Waals surface area contributed by atoms with Gasteiger partial charge in [0.15, 0.2) is 0 Å². The number of pyridine rings is 1. The Hall–Kier alpha value is -2.21. The molecule has 0 aliphatic heterocycles. The van der Waals surface area contributed by atoms with Crippen LogP contribution in [0.5, 0.6) is 11.9 Å². The maximum atomic E-state index is 5.57. The van der Waals surface area contributed by atoms with Gasteiger partial charge in [-0.2, -0.15) is 4.98 Å². The molecule has 0 saturated heterocycles. The average molecular weight is 331 g/mol. The number of halogens is 1. The molecule has 0 aliphatic rings. The van der Waals surface area contributed by atoms with Crippen LogP contribution in [-0.4, -0.2) is 19.7 Å². The molecule has 5 nitrogen and oxygen atoms in total. The standard InChI is InChI=1S/C14H11BrN4O/c1-10-7-12(15)13(16-8-10)20-14-17-9-19(18-14)11-5-3-2-4-6-11/h2-9H,1H3. The van der Waals surface area contributed by atoms with Crippen molar-refractivity contribution in [2.45, 2.75) is 6.92 Å². The summed E-state index contributed by atoms with van der Waals surface area (Å²) in [5.41, 5.74) is 1.97. The van der Waals surface area contributed by atoms with Crippen molar-refractivity contribution in [3.05, 3.63) is 59.0 Å². The molecular formula is C14H11BrN4O. The van der Waals surface area contributed by atoms with Crippen LogP contribution in [0.2, 0.25) is 0 Å². The quantitative estimate of drug-likeness (QED) is 0.737. The molecule has 0 fully saturated rings. The average Bonchev–Trinajstić information content (AvgIpc) is 2.92. The van der Waals surface area contributed by atoms with Gasteiger partial charge in [-0.25, -0.2) is 9.67 Å². The Labute approximate surface area is 124 Å². The lowest BCUT2D eigenvalue weighted by Crippen LogP contribution is -1.95. The van der Waals surface area contributed by atoms with Crippen molar-refractivity contribution in [2.75, 3.05) is 0 Å². The van der Waals surface area contributed by atoms with Crippen molar-refractivity contribution in [1.29, 1.82) is 0 Å². The summed E-state index contributed by atoms with van der Waals surface area (Å²) in [6.07, 6.45) is 3.33. The van der Waals surface area contributed by atoms with Gasteiger partial charge < -0.3 is 4.74 Å². The number of nitrogens with zero attached hydrogens (tertiary/aromatic N) is 4. The molecule has 0 bridgehead atoms. The van der Waals surface area contributed by atoms with Crippen LogP contribution < -0.4 is 4.74 Å². The number of rotatable bonds is 3. The normalized spacial score (nSPS) is 10.5. The lowest BCUT2D eigenvalue weighted by molar-refractivity contribution is 0.421. The first-order valence-corrected chi connectivity index (χ1v) is 6.79. The van der Waals surface area contributed by atoms with Crippen LogP contribution in [0.3, 0.4) is 0 Å². The van der Waals surface area contributed by atoms with Crippen LogP contribution in [0.4, 0.5) is 0 Å². The first kappa shape index (κ1) is 12.8. The second-order valence-corrected chi connectivity index (χ2v) is 5.06. The van der Waals surface area contributed by atoms with E-state index in [1.54, 1.807) is 17.2 Å². The summed E-state index contributed by atoms with van der Waals surface area (Å²) in [4.78, 5) is 8.32. The molecule has 100 valence electrons. The van der Waals surface area contributed by atoms with E-state index in [0.29, 0.717) is 5.88 Å². The summed E-state index contributed by atoms with van der Waals surface area (Å²) in [6.45, 7) is 1.96. The van der Waals surface area contributed by atoms with Gasteiger partial charge in [-0.1, -0.05) is 18.2 Å². The fourth-order valence-electron chi connectivity index (χ4n) is 1.68. The number of benzene rings is 1. The van der Waals surface area contributed by atoms with E-state index in [-0.39, 0.29) is 6.01 Å². The minimum absolute atomic E-state index is 0.255. The summed E-state index contributed by atoms with van der Waals surface area (Å²) in [5, 5.41) is 4.26. The molecular weight excluding hydrogens is 320 g/mol. The molecule has 3 rings (SSSR count). The molecule has 0 atom stereocenters. The molecule has 20 heavy (non-hydrogen) atoms. The monoisotopic (exact) mass is 330 g/mol. The second-order valence-electron chi connectivity index (χ2n) is 4.21. The fourth-order valence-corrected chi connectivity index (χ4v) is 2.23. The Morgan fingerprint density at radius 3 is 2.70 bits per heavy atom. The highest BCUT2D eigenvalue weighted by atomic mass is 79.9. The Morgan fingerprint density at radius 2 is 1.95 bits per heavy atom. The van der Waals surface area contributed by atoms with Gasteiger partial charge >= 0.3 is 6.01 Å². The van der Waals surface area contributed by atoms with Gasteiger partial charge in [0, 0.05) is 6.20 Å². The third kappa shape index (κ3) is 2.70. The molecule has 0 radical (unpaired) electrons. The maximum absolute atomic E-state index is 5.57. The molecule has 0 unspecified atom stereocenters. The van der Waals surface area contributed by atoms with Crippen LogP contribution in [0.25, 0.3) is 5.69 Å². The third-order valence-electron chi connectivity index (χ3n) is 2.62. The molecule has 0 amide bonds. The van der Waals surface area contributed by atoms with Crippen LogP contribution in [-0.2, 0) is 0 Å². The van der Waals surface area contributed by atoms with E-state index >= 15 is 0 Å². The summed E-state index contributed by atoms with van der Waals surface area (Å²) in [7, 11) is 0. The Balaban J connectivity index is 1.84. The molecule has 0 saturated carbocycles. The van der Waals surface area contributed by atoms with Crippen LogP contribution in [0.1, 0.15) is 5.56 Å². The first-order valence-electron chi connectivity index (χ1n) is 5.99. The van der Waals surface area contributed by atoms with Gasteiger partial charge in [-0.15, -0.1) is 5.10 Å². The van der Waals surface area contributed by atoms with Gasteiger partial charge in [-0.05, 0) is 46.6 Å². The number of para-hydroxylation sites is 1. The third-order valence-corrected chi connectivity index (χ3v) is 3.19. The van der Waals surface area contributed by atoms with Crippen molar-refractivity contribution < 1.29 is 4.74 Å². The number of hydrogen-bond acceptors (Lipinski definition) is 4. The van der Waals surface area contributed by atoms with Gasteiger partial charge in [0.05, 0.1) is 10.2 Å². The molecule has 2 heterocycles. The van der Waals surface area contributed by atoms with Crippen molar-refractivity contribution in [1.82, 2.24) is 19.7 Å². The minimum atomic E-state index is 0.255. The lowest BCUT2D eigenvalue weighted by Gasteiger charge is -2.03. The smallest absolute Gasteiger partial charge is 0.342 e. The van der Waals surface area contributed by atoms with Gasteiger partial charge in [0.25, 0.3) is 0 Å². The number of aryl methyl sites for hydroxylation is 1. The number of hydrogen-bond donors (Lipinski definition) is 0. The van der Waals surface area contributed by atoms with E-state index in [9.17, 15) is 0 Å². The number of aromatic nitrogens is 4. The predicted octanol–water partition coefficient (Wildman–Crippen LogP) is 3.53. The molecule has 3 aromatic rings. The van der Waals surface area contributed by atoms with Crippen molar-refractivity contribution in [3.8, 4) is 17.6 Å². The Bertz CT molecular complexity index is 727. The van der Waals surface area contributed by atoms with Crippen molar-refractivity contribution in [3.63, 3.8) is 0 Å². The highest BCUT2D eigenvalue weighted by molar-refractivity contribution is 9.10. The zero-order valence-electron chi connectivity index (χ0n) is 10.7. The number of ether oxygens (including phenoxy) is 1. The van der Waals surface area contributed by atoms with Crippen LogP contribution in [0, 0.1) is 6.92 Å². The van der Waals surface area contributed by atoms with Gasteiger partial charge in [0.2, 0.25) is 5.88 Å². The zero-order valence-corrected chi connectivity index (χ0v) is 12.3. The minimum Gasteiger partial charge on any atom is -0.403 e. The summed E-state index contributed by atoms with van der Waals surface area (Å²) < 4.78 is 7.99. The van der Waals surface area contributed by atoms with Crippen molar-refractivity contribution >= 4 is 15.9 Å². The first-order chi connectivity index (χ1) is 9.72. The molecule has 1 aromatic carbocycles. The highest BCUT2D eigenvalue weighted by Gasteiger charge is 2.09. The summed E-state index contributed by atoms with van der Waals surface area (Å²) >= 11 is 3.41. The van der Waals surface area contributed by atoms with Crippen LogP contribution in [0.15, 0.2) is 53.4 Å². The van der Waals surface area contributed by atoms with E-state index in [4.69, 9.17) is 4.74 Å². The maximum Gasteiger partial charge on any atom is 0.342 e. The van der Waals surface area contributed by atoms with E-state index in [1.807, 2.05) is 43.3 Å². The highest BCUT2D eigenvalue weighted by Crippen LogP contribution is 2.26. The predicted molar refractivity (Wildman–Crippen MR) is 78.1 cm³/mol. The molecule has 2 aromatic heterocycles. The fraction of sp³-hybridized carbons (Fsp3) is 0.0714. The van der Waals surface area contributed by atoms with Crippen LogP contribution >= 0.6 is 15.9 Å². The Kier molecular flexibility index (Phi) is 3.47. The van der Waals surface area contributed by atoms with E-state index in [2.05, 4.69) is 31.0 Å². The summed E-state index contributed by atoms with van der Waals surface area (Å²) in [6, 6.07) is 11.9. The van der Waals surface area contributed by atoms with E-state index < -0.39 is 0 Å². The zero-order chi connectivity index (χ0) is 13.9. The lowest BCUT2D eigenvalue weighted by atomic mass is 10.3. The molecule has 0 aliphatic carbocycles. The SMILES string of the molecule is Cc1cnc(Oc2ncn(-c3ccccc3)n2)c(Br)c1. The molecule has 0 spiro atoms. The topological polar surface area (TPSA) is 52.8 Å². The van der Waals surface area contributed by atoms with Crippen molar-refractivity contribution in [2.24, 2.45) is 0 Å². The van der Waals surface area contributed by atoms with E-state index in [1.165, 1.54) is 0 Å². The van der Waals surface area contributed by atoms with Gasteiger partial charge in [0.1, 0.15) is 6.33 Å². The molecule has 6 heteroatoms. The largest absolute Gasteiger partial charge is 0.403 e. The van der Waals surface area contributed by atoms with E-state index in [0.717, 1.165) is 15.7 Å². The molecule has 0 N–H and O–H groups in total. The summed E-state index contributed by atoms with van der Waals surface area (Å²) in [5.74, 6) is 0.446. The van der Waals surface area contributed by atoms with Gasteiger partial charge in [-0.3, -0.25) is 0 Å².